The average molecular weight is 570 g/mol. The van der Waals surface area contributed by atoms with Gasteiger partial charge in [-0.15, -0.1) is 0 Å². The summed E-state index contributed by atoms with van der Waals surface area (Å²) < 4.78 is 33.3. The summed E-state index contributed by atoms with van der Waals surface area (Å²) in [6.45, 7) is 3.52. The lowest BCUT2D eigenvalue weighted by Crippen LogP contribution is -2.58. The number of nitrogens with one attached hydrogen (secondary N) is 1. The van der Waals surface area contributed by atoms with Crippen LogP contribution in [0.15, 0.2) is 70.0 Å². The van der Waals surface area contributed by atoms with E-state index in [-0.39, 0.29) is 22.7 Å². The molecule has 0 radical (unpaired) electrons. The molecule has 1 amide bonds. The molecule has 11 nitrogen and oxygen atoms in total. The molecule has 0 saturated carbocycles. The minimum absolute atomic E-state index is 0.0466. The third-order valence-corrected chi connectivity index (χ3v) is 9.81. The lowest BCUT2D eigenvalue weighted by molar-refractivity contribution is -0.384. The minimum Gasteiger partial charge on any atom is -0.480 e. The number of carbonyl (C=O) groups is 2. The number of carboxylic acids is 1. The van der Waals surface area contributed by atoms with Crippen LogP contribution < -0.4 is 5.32 Å². The zero-order chi connectivity index (χ0) is 28.1. The number of carboxylic acid groups (broad SMARTS) is 1. The van der Waals surface area contributed by atoms with Crippen LogP contribution in [0, 0.1) is 10.1 Å². The van der Waals surface area contributed by atoms with Crippen LogP contribution in [0.5, 0.6) is 0 Å². The summed E-state index contributed by atoms with van der Waals surface area (Å²) in [6, 6.07) is 13.3. The van der Waals surface area contributed by atoms with Gasteiger partial charge in [0.25, 0.3) is 11.6 Å². The van der Waals surface area contributed by atoms with Gasteiger partial charge in [-0.25, -0.2) is 8.42 Å². The van der Waals surface area contributed by atoms with Gasteiger partial charge in [0.05, 0.1) is 9.82 Å². The molecule has 13 heteroatoms. The van der Waals surface area contributed by atoms with Crippen molar-refractivity contribution in [2.75, 3.05) is 17.6 Å². The maximum atomic E-state index is 13.6. The number of rotatable bonds is 6. The van der Waals surface area contributed by atoms with Crippen molar-refractivity contribution in [2.45, 2.75) is 29.5 Å². The number of nitro benzene ring substituents is 1. The highest BCUT2D eigenvalue weighted by Crippen LogP contribution is 2.39. The van der Waals surface area contributed by atoms with E-state index < -0.39 is 37.6 Å². The number of anilines is 1. The van der Waals surface area contributed by atoms with Gasteiger partial charge in [-0.1, -0.05) is 6.07 Å². The van der Waals surface area contributed by atoms with Crippen molar-refractivity contribution in [3.8, 4) is 0 Å². The summed E-state index contributed by atoms with van der Waals surface area (Å²) in [6.07, 6.45) is 0. The number of benzene rings is 3. The summed E-state index contributed by atoms with van der Waals surface area (Å²) in [5.74, 6) is -1.28. The van der Waals surface area contributed by atoms with E-state index in [0.717, 1.165) is 4.31 Å². The van der Waals surface area contributed by atoms with Gasteiger partial charge in [-0.05, 0) is 50.2 Å². The van der Waals surface area contributed by atoms with E-state index in [0.29, 0.717) is 33.4 Å². The largest absolute Gasteiger partial charge is 0.480 e. The predicted octanol–water partition coefficient (Wildman–Crippen LogP) is 4.72. The number of nitro groups is 1. The van der Waals surface area contributed by atoms with E-state index >= 15 is 0 Å². The molecule has 1 saturated heterocycles. The standard InChI is InChI=1S/C26H23N3O8S2/c1-26(2)23(25(31)32)28(10-11-38-26)39(35,36)18-7-9-21-20(14-18)19-8-6-16(13-22(19)37-21)27-24(30)15-4-3-5-17(12-15)29(33)34/h3-9,12-14,23H,10-11H2,1-2H3,(H,27,30)(H,31,32). The van der Waals surface area contributed by atoms with Crippen molar-refractivity contribution in [2.24, 2.45) is 0 Å². The molecule has 39 heavy (non-hydrogen) atoms. The Morgan fingerprint density at radius 2 is 1.87 bits per heavy atom. The third-order valence-electron chi connectivity index (χ3n) is 6.59. The number of sulfonamides is 1. The van der Waals surface area contributed by atoms with E-state index in [1.165, 1.54) is 54.2 Å². The Balaban J connectivity index is 1.47. The highest BCUT2D eigenvalue weighted by atomic mass is 32.2. The molecule has 5 rings (SSSR count). The first-order valence-electron chi connectivity index (χ1n) is 11.8. The molecule has 2 N–H and O–H groups in total. The average Bonchev–Trinajstić information content (AvgIpc) is 3.24. The second-order valence-electron chi connectivity index (χ2n) is 9.54. The molecule has 0 bridgehead atoms. The van der Waals surface area contributed by atoms with E-state index in [1.807, 2.05) is 0 Å². The molecule has 0 spiro atoms. The van der Waals surface area contributed by atoms with Crippen molar-refractivity contribution in [1.29, 1.82) is 0 Å². The molecule has 1 aliphatic heterocycles. The molecule has 1 unspecified atom stereocenters. The van der Waals surface area contributed by atoms with Gasteiger partial charge in [0.15, 0.2) is 0 Å². The molecule has 1 fully saturated rings. The van der Waals surface area contributed by atoms with Crippen LogP contribution >= 0.6 is 11.8 Å². The van der Waals surface area contributed by atoms with Crippen molar-refractivity contribution >= 4 is 67.0 Å². The Labute approximate surface area is 227 Å². The van der Waals surface area contributed by atoms with Gasteiger partial charge in [-0.3, -0.25) is 19.7 Å². The zero-order valence-corrected chi connectivity index (χ0v) is 22.4. The monoisotopic (exact) mass is 569 g/mol. The number of aliphatic carboxylic acids is 1. The number of thioether (sulfide) groups is 1. The molecule has 1 aliphatic rings. The number of carbonyl (C=O) groups excluding carboxylic acids is 1. The molecular formula is C26H23N3O8S2. The smallest absolute Gasteiger partial charge is 0.323 e. The summed E-state index contributed by atoms with van der Waals surface area (Å²) in [5, 5.41) is 24.6. The summed E-state index contributed by atoms with van der Waals surface area (Å²) in [5.41, 5.74) is 1.08. The second kappa shape index (κ2) is 9.67. The topological polar surface area (TPSA) is 160 Å². The fourth-order valence-corrected chi connectivity index (χ4v) is 7.85. The molecule has 1 atom stereocenters. The first-order valence-corrected chi connectivity index (χ1v) is 14.2. The van der Waals surface area contributed by atoms with Gasteiger partial charge >= 0.3 is 5.97 Å². The Morgan fingerprint density at radius 1 is 1.10 bits per heavy atom. The van der Waals surface area contributed by atoms with Crippen LogP contribution in [0.1, 0.15) is 24.2 Å². The van der Waals surface area contributed by atoms with Crippen molar-refractivity contribution in [1.82, 2.24) is 4.31 Å². The van der Waals surface area contributed by atoms with Crippen LogP contribution in [0.2, 0.25) is 0 Å². The normalized spacial score (nSPS) is 17.7. The van der Waals surface area contributed by atoms with Crippen LogP contribution in [0.3, 0.4) is 0 Å². The molecule has 4 aromatic rings. The van der Waals surface area contributed by atoms with Crippen molar-refractivity contribution < 1.29 is 32.5 Å². The minimum atomic E-state index is -4.14. The number of non-ortho nitro benzene ring substituents is 1. The maximum absolute atomic E-state index is 13.6. The summed E-state index contributed by atoms with van der Waals surface area (Å²) in [7, 11) is -4.14. The van der Waals surface area contributed by atoms with Crippen molar-refractivity contribution in [3.05, 3.63) is 76.3 Å². The second-order valence-corrected chi connectivity index (χ2v) is 13.2. The van der Waals surface area contributed by atoms with E-state index in [2.05, 4.69) is 5.32 Å². The van der Waals surface area contributed by atoms with Crippen LogP contribution in [0.4, 0.5) is 11.4 Å². The predicted molar refractivity (Wildman–Crippen MR) is 147 cm³/mol. The SMILES string of the molecule is CC1(C)SCCN(S(=O)(=O)c2ccc3oc4cc(NC(=O)c5cccc([N+](=O)[O-])c5)ccc4c3c2)C1C(=O)O. The number of hydrogen-bond acceptors (Lipinski definition) is 8. The third kappa shape index (κ3) is 4.84. The Kier molecular flexibility index (Phi) is 6.61. The van der Waals surface area contributed by atoms with Crippen LogP contribution in [0.25, 0.3) is 21.9 Å². The van der Waals surface area contributed by atoms with Crippen LogP contribution in [-0.2, 0) is 14.8 Å². The van der Waals surface area contributed by atoms with Crippen LogP contribution in [-0.4, -0.2) is 57.7 Å². The highest BCUT2D eigenvalue weighted by Gasteiger charge is 2.48. The number of furan rings is 1. The quantitative estimate of drug-likeness (QED) is 0.247. The summed E-state index contributed by atoms with van der Waals surface area (Å²) in [4.78, 5) is 35.1. The van der Waals surface area contributed by atoms with Gasteiger partial charge in [0.1, 0.15) is 17.2 Å². The molecular weight excluding hydrogens is 546 g/mol. The lowest BCUT2D eigenvalue weighted by Gasteiger charge is -2.42. The lowest BCUT2D eigenvalue weighted by atomic mass is 10.0. The van der Waals surface area contributed by atoms with Gasteiger partial charge in [0, 0.05) is 57.3 Å². The Morgan fingerprint density at radius 3 is 2.59 bits per heavy atom. The first-order chi connectivity index (χ1) is 18.4. The maximum Gasteiger partial charge on any atom is 0.323 e. The number of fused-ring (bicyclic) bond motifs is 3. The number of hydrogen-bond donors (Lipinski definition) is 2. The highest BCUT2D eigenvalue weighted by molar-refractivity contribution is 8.00. The Hall–Kier alpha value is -3.94. The molecule has 1 aromatic heterocycles. The zero-order valence-electron chi connectivity index (χ0n) is 20.8. The van der Waals surface area contributed by atoms with E-state index in [1.54, 1.807) is 32.0 Å². The summed E-state index contributed by atoms with van der Waals surface area (Å²) >= 11 is 1.42. The van der Waals surface area contributed by atoms with Gasteiger partial charge < -0.3 is 14.8 Å². The van der Waals surface area contributed by atoms with Gasteiger partial charge in [-0.2, -0.15) is 16.1 Å². The fourth-order valence-electron chi connectivity index (χ4n) is 4.73. The molecule has 0 aliphatic carbocycles. The van der Waals surface area contributed by atoms with Gasteiger partial charge in [0.2, 0.25) is 10.0 Å². The molecule has 2 heterocycles. The molecule has 202 valence electrons. The molecule has 3 aromatic carbocycles. The first kappa shape index (κ1) is 26.7. The fraction of sp³-hybridized carbons (Fsp3) is 0.231. The van der Waals surface area contributed by atoms with E-state index in [9.17, 15) is 33.2 Å². The van der Waals surface area contributed by atoms with E-state index in [4.69, 9.17) is 4.42 Å². The number of amides is 1. The Bertz CT molecular complexity index is 1760. The van der Waals surface area contributed by atoms with Crippen molar-refractivity contribution in [3.63, 3.8) is 0 Å². The number of nitrogens with zero attached hydrogens (tertiary/aromatic N) is 2.